The molecule has 0 spiro atoms. The molecule has 0 aliphatic heterocycles. The first-order chi connectivity index (χ1) is 11.5. The Labute approximate surface area is 138 Å². The van der Waals surface area contributed by atoms with Gasteiger partial charge in [0.1, 0.15) is 11.5 Å². The Hall–Kier alpha value is -2.96. The van der Waals surface area contributed by atoms with Crippen molar-refractivity contribution in [2.45, 2.75) is 33.2 Å². The topological polar surface area (TPSA) is 101 Å². The van der Waals surface area contributed by atoms with Crippen LogP contribution in [0.2, 0.25) is 0 Å². The van der Waals surface area contributed by atoms with Gasteiger partial charge in [-0.2, -0.15) is 0 Å². The number of hydrogen-bond acceptors (Lipinski definition) is 5. The minimum absolute atomic E-state index is 0.169. The van der Waals surface area contributed by atoms with Crippen LogP contribution in [0.25, 0.3) is 11.0 Å². The van der Waals surface area contributed by atoms with Crippen molar-refractivity contribution in [3.05, 3.63) is 57.7 Å². The van der Waals surface area contributed by atoms with Gasteiger partial charge in [-0.15, -0.1) is 0 Å². The van der Waals surface area contributed by atoms with Crippen molar-refractivity contribution in [2.24, 2.45) is 0 Å². The molecule has 3 aromatic rings. The number of fused-ring (bicyclic) bond motifs is 1. The smallest absolute Gasteiger partial charge is 0.270 e. The molecule has 0 aliphatic carbocycles. The molecule has 0 unspecified atom stereocenters. The van der Waals surface area contributed by atoms with E-state index in [0.29, 0.717) is 28.4 Å². The molecule has 2 N–H and O–H groups in total. The van der Waals surface area contributed by atoms with E-state index in [2.05, 4.69) is 20.3 Å². The highest BCUT2D eigenvalue weighted by Crippen LogP contribution is 2.09. The molecule has 24 heavy (non-hydrogen) atoms. The summed E-state index contributed by atoms with van der Waals surface area (Å²) in [5, 5.41) is 2.77. The maximum Gasteiger partial charge on any atom is 0.270 e. The third kappa shape index (κ3) is 3.51. The van der Waals surface area contributed by atoms with Gasteiger partial charge in [-0.25, -0.2) is 9.97 Å². The first-order valence-electron chi connectivity index (χ1n) is 7.70. The van der Waals surface area contributed by atoms with Gasteiger partial charge in [0.25, 0.3) is 5.56 Å². The third-order valence-corrected chi connectivity index (χ3v) is 3.70. The monoisotopic (exact) mass is 326 g/mol. The zero-order chi connectivity index (χ0) is 17.1. The average molecular weight is 326 g/mol. The zero-order valence-corrected chi connectivity index (χ0v) is 13.5. The summed E-state index contributed by atoms with van der Waals surface area (Å²) in [5.74, 6) is 1.05. The number of H-pyrrole nitrogens is 1. The molecule has 3 rings (SSSR count). The van der Waals surface area contributed by atoms with Gasteiger partial charge in [0.2, 0.25) is 5.91 Å². The lowest BCUT2D eigenvalue weighted by Crippen LogP contribution is -2.25. The van der Waals surface area contributed by atoms with Crippen LogP contribution in [0, 0.1) is 13.8 Å². The first-order valence-corrected chi connectivity index (χ1v) is 7.70. The lowest BCUT2D eigenvalue weighted by molar-refractivity contribution is -0.121. The Kier molecular flexibility index (Phi) is 4.41. The van der Waals surface area contributed by atoms with Crippen LogP contribution in [-0.2, 0) is 17.8 Å². The number of para-hydroxylation sites is 2. The number of oxazole rings is 1. The van der Waals surface area contributed by atoms with E-state index >= 15 is 0 Å². The van der Waals surface area contributed by atoms with Gasteiger partial charge in [0, 0.05) is 19.8 Å². The SMILES string of the molecule is Cc1nc(C)c(CNC(=O)CCc2nc3ccccc3[nH]c2=O)o1. The second-order valence-electron chi connectivity index (χ2n) is 5.55. The van der Waals surface area contributed by atoms with Crippen molar-refractivity contribution in [3.8, 4) is 0 Å². The van der Waals surface area contributed by atoms with E-state index in [1.165, 1.54) is 0 Å². The number of nitrogens with zero attached hydrogens (tertiary/aromatic N) is 2. The lowest BCUT2D eigenvalue weighted by atomic mass is 10.2. The van der Waals surface area contributed by atoms with Gasteiger partial charge >= 0.3 is 0 Å². The van der Waals surface area contributed by atoms with Crippen molar-refractivity contribution in [3.63, 3.8) is 0 Å². The normalized spacial score (nSPS) is 10.9. The minimum atomic E-state index is -0.261. The van der Waals surface area contributed by atoms with Crippen molar-refractivity contribution >= 4 is 16.9 Å². The number of benzene rings is 1. The van der Waals surface area contributed by atoms with Crippen LogP contribution >= 0.6 is 0 Å². The summed E-state index contributed by atoms with van der Waals surface area (Å²) in [6.45, 7) is 3.87. The number of amides is 1. The zero-order valence-electron chi connectivity index (χ0n) is 13.5. The fourth-order valence-corrected chi connectivity index (χ4v) is 2.47. The van der Waals surface area contributed by atoms with E-state index in [1.54, 1.807) is 13.0 Å². The summed E-state index contributed by atoms with van der Waals surface area (Å²) in [6.07, 6.45) is 0.459. The third-order valence-electron chi connectivity index (χ3n) is 3.70. The van der Waals surface area contributed by atoms with Crippen LogP contribution in [-0.4, -0.2) is 20.9 Å². The van der Waals surface area contributed by atoms with Gasteiger partial charge in [0.05, 0.1) is 23.3 Å². The Balaban J connectivity index is 1.61. The number of hydrogen-bond donors (Lipinski definition) is 2. The predicted molar refractivity (Wildman–Crippen MR) is 88.5 cm³/mol. The number of aryl methyl sites for hydroxylation is 3. The molecular formula is C17H18N4O3. The van der Waals surface area contributed by atoms with Crippen LogP contribution in [0.1, 0.15) is 29.5 Å². The van der Waals surface area contributed by atoms with Crippen LogP contribution in [0.15, 0.2) is 33.5 Å². The molecule has 124 valence electrons. The van der Waals surface area contributed by atoms with E-state index in [9.17, 15) is 9.59 Å². The molecule has 0 radical (unpaired) electrons. The van der Waals surface area contributed by atoms with E-state index in [4.69, 9.17) is 4.42 Å². The molecule has 0 aliphatic rings. The van der Waals surface area contributed by atoms with Crippen LogP contribution in [0.4, 0.5) is 0 Å². The Morgan fingerprint density at radius 3 is 2.79 bits per heavy atom. The molecular weight excluding hydrogens is 308 g/mol. The molecule has 0 fully saturated rings. The summed E-state index contributed by atoms with van der Waals surface area (Å²) < 4.78 is 5.40. The summed E-state index contributed by atoms with van der Waals surface area (Å²) in [7, 11) is 0. The van der Waals surface area contributed by atoms with E-state index < -0.39 is 0 Å². The Morgan fingerprint density at radius 2 is 2.04 bits per heavy atom. The number of carbonyl (C=O) groups excluding carboxylic acids is 1. The summed E-state index contributed by atoms with van der Waals surface area (Å²) >= 11 is 0. The lowest BCUT2D eigenvalue weighted by Gasteiger charge is -2.04. The highest BCUT2D eigenvalue weighted by atomic mass is 16.4. The number of nitrogens with one attached hydrogen (secondary N) is 2. The van der Waals surface area contributed by atoms with Gasteiger partial charge in [0.15, 0.2) is 5.89 Å². The number of aromatic amines is 1. The quantitative estimate of drug-likeness (QED) is 0.744. The molecule has 0 bridgehead atoms. The van der Waals surface area contributed by atoms with Gasteiger partial charge in [-0.1, -0.05) is 12.1 Å². The van der Waals surface area contributed by atoms with Crippen LogP contribution < -0.4 is 10.9 Å². The standard InChI is InChI=1S/C17H18N4O3/c1-10-15(24-11(2)19-10)9-18-16(22)8-7-14-17(23)21-13-6-4-3-5-12(13)20-14/h3-6H,7-9H2,1-2H3,(H,18,22)(H,21,23). The second-order valence-corrected chi connectivity index (χ2v) is 5.55. The largest absolute Gasteiger partial charge is 0.444 e. The average Bonchev–Trinajstić information content (AvgIpc) is 2.88. The fraction of sp³-hybridized carbons (Fsp3) is 0.294. The van der Waals surface area contributed by atoms with Crippen molar-refractivity contribution in [1.29, 1.82) is 0 Å². The number of rotatable bonds is 5. The van der Waals surface area contributed by atoms with E-state index in [-0.39, 0.29) is 30.9 Å². The summed E-state index contributed by atoms with van der Waals surface area (Å²) in [4.78, 5) is 35.2. The molecule has 7 heteroatoms. The van der Waals surface area contributed by atoms with Crippen LogP contribution in [0.3, 0.4) is 0 Å². The van der Waals surface area contributed by atoms with Gasteiger partial charge in [-0.3, -0.25) is 9.59 Å². The highest BCUT2D eigenvalue weighted by molar-refractivity contribution is 5.76. The highest BCUT2D eigenvalue weighted by Gasteiger charge is 2.11. The molecule has 1 amide bonds. The van der Waals surface area contributed by atoms with Gasteiger partial charge in [-0.05, 0) is 19.1 Å². The fourth-order valence-electron chi connectivity index (χ4n) is 2.47. The number of aromatic nitrogens is 3. The Morgan fingerprint density at radius 1 is 1.25 bits per heavy atom. The predicted octanol–water partition coefficient (Wildman–Crippen LogP) is 1.78. The molecule has 2 heterocycles. The summed E-state index contributed by atoms with van der Waals surface area (Å²) in [5.41, 5.74) is 2.26. The van der Waals surface area contributed by atoms with E-state index in [1.807, 2.05) is 25.1 Å². The van der Waals surface area contributed by atoms with Crippen molar-refractivity contribution in [2.75, 3.05) is 0 Å². The molecule has 0 saturated carbocycles. The second kappa shape index (κ2) is 6.66. The van der Waals surface area contributed by atoms with Crippen molar-refractivity contribution in [1.82, 2.24) is 20.3 Å². The molecule has 7 nitrogen and oxygen atoms in total. The summed E-state index contributed by atoms with van der Waals surface area (Å²) in [6, 6.07) is 7.30. The molecule has 1 aromatic carbocycles. The Bertz CT molecular complexity index is 942. The maximum absolute atomic E-state index is 12.0. The number of carbonyl (C=O) groups is 1. The van der Waals surface area contributed by atoms with Crippen LogP contribution in [0.5, 0.6) is 0 Å². The van der Waals surface area contributed by atoms with Gasteiger partial charge < -0.3 is 14.7 Å². The van der Waals surface area contributed by atoms with Crippen molar-refractivity contribution < 1.29 is 9.21 Å². The maximum atomic E-state index is 12.0. The minimum Gasteiger partial charge on any atom is -0.444 e. The molecule has 0 atom stereocenters. The first kappa shape index (κ1) is 15.9. The molecule has 0 saturated heterocycles. The molecule has 2 aromatic heterocycles. The van der Waals surface area contributed by atoms with E-state index in [0.717, 1.165) is 5.69 Å².